The topological polar surface area (TPSA) is 115 Å². The molecule has 0 bridgehead atoms. The Balaban J connectivity index is 1.62. The predicted octanol–water partition coefficient (Wildman–Crippen LogP) is 3.89. The van der Waals surface area contributed by atoms with Crippen LogP contribution in [0.4, 0.5) is 5.69 Å². The second-order valence-electron chi connectivity index (χ2n) is 6.38. The van der Waals surface area contributed by atoms with Gasteiger partial charge in [-0.1, -0.05) is 29.3 Å². The number of hydrogen-bond donors (Lipinski definition) is 3. The molecule has 4 N–H and O–H groups in total. The molecule has 0 saturated heterocycles. The summed E-state index contributed by atoms with van der Waals surface area (Å²) in [5.41, 5.74) is 5.30. The van der Waals surface area contributed by atoms with Crippen LogP contribution in [0.1, 0.15) is 16.8 Å². The van der Waals surface area contributed by atoms with Crippen molar-refractivity contribution in [2.75, 3.05) is 11.9 Å². The number of rotatable bonds is 6. The van der Waals surface area contributed by atoms with E-state index < -0.39 is 11.4 Å². The van der Waals surface area contributed by atoms with Gasteiger partial charge in [0.25, 0.3) is 5.91 Å². The summed E-state index contributed by atoms with van der Waals surface area (Å²) in [5, 5.41) is 12.7. The minimum absolute atomic E-state index is 0.00586. The Morgan fingerprint density at radius 1 is 1.24 bits per heavy atom. The fourth-order valence-electron chi connectivity index (χ4n) is 2.61. The van der Waals surface area contributed by atoms with Gasteiger partial charge in [-0.15, -0.1) is 0 Å². The highest BCUT2D eigenvalue weighted by Crippen LogP contribution is 2.30. The summed E-state index contributed by atoms with van der Waals surface area (Å²) < 4.78 is 5.63. The first kappa shape index (κ1) is 20.9. The minimum atomic E-state index is -1.11. The van der Waals surface area contributed by atoms with Gasteiger partial charge in [0.15, 0.2) is 0 Å². The second kappa shape index (κ2) is 8.65. The number of carbonyl (C=O) groups excluding carboxylic acids is 1. The number of amides is 1. The van der Waals surface area contributed by atoms with E-state index >= 15 is 0 Å². The number of hydrogen-bond acceptors (Lipinski definition) is 5. The number of nitrogens with zero attached hydrogens (tertiary/aromatic N) is 1. The third-order valence-corrected chi connectivity index (χ3v) is 5.16. The van der Waals surface area contributed by atoms with Crippen LogP contribution in [0.3, 0.4) is 0 Å². The lowest BCUT2D eigenvalue weighted by Crippen LogP contribution is -2.37. The molecular weight excluding hydrogens is 417 g/mol. The molecule has 0 saturated carbocycles. The molecular formula is C20H17Cl2N3O4. The van der Waals surface area contributed by atoms with E-state index in [2.05, 4.69) is 10.3 Å². The maximum atomic E-state index is 12.3. The number of benzene rings is 1. The van der Waals surface area contributed by atoms with Crippen LogP contribution in [0, 0.1) is 5.41 Å². The first-order valence-corrected chi connectivity index (χ1v) is 9.32. The molecule has 0 spiro atoms. The van der Waals surface area contributed by atoms with Crippen molar-refractivity contribution >= 4 is 40.8 Å². The minimum Gasteiger partial charge on any atom is -0.481 e. The number of carbonyl (C=O) groups is 2. The van der Waals surface area contributed by atoms with Gasteiger partial charge in [-0.3, -0.25) is 9.59 Å². The van der Waals surface area contributed by atoms with Crippen molar-refractivity contribution in [2.24, 2.45) is 11.1 Å². The summed E-state index contributed by atoms with van der Waals surface area (Å²) in [6, 6.07) is 7.80. The number of carboxylic acids is 1. The van der Waals surface area contributed by atoms with Crippen LogP contribution in [0.15, 0.2) is 60.5 Å². The van der Waals surface area contributed by atoms with E-state index in [4.69, 9.17) is 33.7 Å². The standard InChI is InChI=1S/C20H17Cl2N3O4/c21-15-3-1-12(9-16(15)22)18(26)25-13-2-4-17(24-10-13)29-14-5-7-20(11-23,8-6-14)19(27)28/h1-7,9-10H,8,11,23H2,(H,25,26)(H,27,28). The molecule has 1 aliphatic rings. The fraction of sp³-hybridized carbons (Fsp3) is 0.150. The van der Waals surface area contributed by atoms with E-state index in [1.807, 2.05) is 0 Å². The van der Waals surface area contributed by atoms with E-state index in [0.29, 0.717) is 27.9 Å². The lowest BCUT2D eigenvalue weighted by Gasteiger charge is -2.25. The van der Waals surface area contributed by atoms with Gasteiger partial charge in [0, 0.05) is 18.2 Å². The van der Waals surface area contributed by atoms with Crippen molar-refractivity contribution in [3.05, 3.63) is 76.1 Å². The number of nitrogens with two attached hydrogens (primary N) is 1. The van der Waals surface area contributed by atoms with Crippen LogP contribution in [-0.4, -0.2) is 28.5 Å². The van der Waals surface area contributed by atoms with E-state index in [0.717, 1.165) is 0 Å². The Kier molecular flexibility index (Phi) is 6.22. The zero-order valence-corrected chi connectivity index (χ0v) is 16.6. The van der Waals surface area contributed by atoms with Gasteiger partial charge in [-0.2, -0.15) is 0 Å². The van der Waals surface area contributed by atoms with Gasteiger partial charge in [-0.25, -0.2) is 4.98 Å². The van der Waals surface area contributed by atoms with Crippen molar-refractivity contribution in [2.45, 2.75) is 6.42 Å². The van der Waals surface area contributed by atoms with E-state index in [1.165, 1.54) is 18.3 Å². The number of pyridine rings is 1. The molecule has 1 aromatic heterocycles. The number of allylic oxidation sites excluding steroid dienone is 2. The third kappa shape index (κ3) is 4.76. The van der Waals surface area contributed by atoms with Crippen molar-refractivity contribution in [3.8, 4) is 5.88 Å². The number of ether oxygens (including phenoxy) is 1. The SMILES string of the molecule is NCC1(C(=O)O)C=CC(Oc2ccc(NC(=O)c3ccc(Cl)c(Cl)c3)cn2)=CC1. The van der Waals surface area contributed by atoms with Gasteiger partial charge in [-0.05, 0) is 42.8 Å². The molecule has 9 heteroatoms. The van der Waals surface area contributed by atoms with Crippen molar-refractivity contribution < 1.29 is 19.4 Å². The molecule has 1 atom stereocenters. The van der Waals surface area contributed by atoms with Crippen LogP contribution in [0.5, 0.6) is 5.88 Å². The summed E-state index contributed by atoms with van der Waals surface area (Å²) in [7, 11) is 0. The molecule has 1 amide bonds. The molecule has 1 heterocycles. The van der Waals surface area contributed by atoms with Crippen molar-refractivity contribution in [1.29, 1.82) is 0 Å². The maximum absolute atomic E-state index is 12.3. The Bertz CT molecular complexity index is 1010. The number of aliphatic carboxylic acids is 1. The van der Waals surface area contributed by atoms with Crippen LogP contribution in [0.25, 0.3) is 0 Å². The van der Waals surface area contributed by atoms with Gasteiger partial charge in [0.05, 0.1) is 21.9 Å². The molecule has 1 aromatic carbocycles. The molecule has 1 unspecified atom stereocenters. The number of nitrogens with one attached hydrogen (secondary N) is 1. The van der Waals surface area contributed by atoms with E-state index in [9.17, 15) is 14.7 Å². The molecule has 150 valence electrons. The quantitative estimate of drug-likeness (QED) is 0.636. The lowest BCUT2D eigenvalue weighted by atomic mass is 9.81. The molecule has 29 heavy (non-hydrogen) atoms. The number of carboxylic acid groups (broad SMARTS) is 1. The molecule has 7 nitrogen and oxygen atoms in total. The first-order chi connectivity index (χ1) is 13.8. The van der Waals surface area contributed by atoms with E-state index in [-0.39, 0.29) is 23.9 Å². The Morgan fingerprint density at radius 2 is 2.03 bits per heavy atom. The van der Waals surface area contributed by atoms with Crippen molar-refractivity contribution in [3.63, 3.8) is 0 Å². The average molecular weight is 434 g/mol. The molecule has 0 radical (unpaired) electrons. The van der Waals surface area contributed by atoms with Crippen LogP contribution < -0.4 is 15.8 Å². The molecule has 1 aliphatic carbocycles. The van der Waals surface area contributed by atoms with Gasteiger partial charge >= 0.3 is 5.97 Å². The zero-order valence-electron chi connectivity index (χ0n) is 15.1. The largest absolute Gasteiger partial charge is 0.481 e. The summed E-state index contributed by atoms with van der Waals surface area (Å²) in [6.45, 7) is -0.00586. The lowest BCUT2D eigenvalue weighted by molar-refractivity contribution is -0.145. The van der Waals surface area contributed by atoms with E-state index in [1.54, 1.807) is 36.4 Å². The summed E-state index contributed by atoms with van der Waals surface area (Å²) in [6.07, 6.45) is 6.41. The fourth-order valence-corrected chi connectivity index (χ4v) is 2.91. The highest BCUT2D eigenvalue weighted by molar-refractivity contribution is 6.42. The summed E-state index contributed by atoms with van der Waals surface area (Å²) in [5.74, 6) is -0.574. The van der Waals surface area contributed by atoms with Gasteiger partial charge in [0.2, 0.25) is 5.88 Å². The normalized spacial score (nSPS) is 18.1. The highest BCUT2D eigenvalue weighted by atomic mass is 35.5. The Labute approximate surface area is 176 Å². The van der Waals surface area contributed by atoms with Crippen LogP contribution >= 0.6 is 23.2 Å². The zero-order chi connectivity index (χ0) is 21.0. The highest BCUT2D eigenvalue weighted by Gasteiger charge is 2.35. The number of halogens is 2. The second-order valence-corrected chi connectivity index (χ2v) is 7.19. The average Bonchev–Trinajstić information content (AvgIpc) is 2.72. The monoisotopic (exact) mass is 433 g/mol. The Hall–Kier alpha value is -2.87. The predicted molar refractivity (Wildman–Crippen MR) is 110 cm³/mol. The maximum Gasteiger partial charge on any atom is 0.315 e. The molecule has 0 aliphatic heterocycles. The smallest absolute Gasteiger partial charge is 0.315 e. The van der Waals surface area contributed by atoms with Gasteiger partial charge in [0.1, 0.15) is 11.2 Å². The molecule has 0 fully saturated rings. The summed E-state index contributed by atoms with van der Waals surface area (Å²) >= 11 is 11.8. The van der Waals surface area contributed by atoms with Crippen LogP contribution in [0.2, 0.25) is 10.0 Å². The van der Waals surface area contributed by atoms with Crippen LogP contribution in [-0.2, 0) is 4.79 Å². The third-order valence-electron chi connectivity index (χ3n) is 4.42. The number of anilines is 1. The summed E-state index contributed by atoms with van der Waals surface area (Å²) in [4.78, 5) is 27.8. The Morgan fingerprint density at radius 3 is 2.59 bits per heavy atom. The molecule has 3 rings (SSSR count). The molecule has 2 aromatic rings. The van der Waals surface area contributed by atoms with Crippen molar-refractivity contribution in [1.82, 2.24) is 4.98 Å². The van der Waals surface area contributed by atoms with Gasteiger partial charge < -0.3 is 20.9 Å². The number of aromatic nitrogens is 1. The first-order valence-electron chi connectivity index (χ1n) is 8.56.